The van der Waals surface area contributed by atoms with Gasteiger partial charge in [-0.25, -0.2) is 4.79 Å². The number of esters is 1. The maximum atomic E-state index is 11.9. The van der Waals surface area contributed by atoms with Crippen molar-refractivity contribution in [2.24, 2.45) is 0 Å². The molecule has 4 nitrogen and oxygen atoms in total. The number of halogens is 1. The molecule has 0 bridgehead atoms. The minimum absolute atomic E-state index is 0.402. The zero-order valence-corrected chi connectivity index (χ0v) is 12.4. The lowest BCUT2D eigenvalue weighted by molar-refractivity contribution is 0.0601. The van der Waals surface area contributed by atoms with Gasteiger partial charge in [0.2, 0.25) is 0 Å². The summed E-state index contributed by atoms with van der Waals surface area (Å²) in [5.74, 6) is 1.76. The second-order valence-electron chi connectivity index (χ2n) is 4.34. The monoisotopic (exact) mass is 300 g/mol. The predicted octanol–water partition coefficient (Wildman–Crippen LogP) is 2.65. The summed E-state index contributed by atoms with van der Waals surface area (Å²) in [7, 11) is 1.36. The highest BCUT2D eigenvalue weighted by Crippen LogP contribution is 2.34. The molecule has 0 aliphatic carbocycles. The summed E-state index contributed by atoms with van der Waals surface area (Å²) in [6.07, 6.45) is 1.08. The number of nitrogens with two attached hydrogens (primary N) is 1. The molecule has 0 radical (unpaired) electrons. The molecule has 0 saturated carbocycles. The number of hydrogen-bond acceptors (Lipinski definition) is 5. The van der Waals surface area contributed by atoms with Crippen LogP contribution in [0.3, 0.4) is 0 Å². The molecular weight excluding hydrogens is 284 g/mol. The molecule has 6 heteroatoms. The molecule has 1 fully saturated rings. The summed E-state index contributed by atoms with van der Waals surface area (Å²) in [4.78, 5) is 14.0. The Morgan fingerprint density at radius 2 is 2.21 bits per heavy atom. The van der Waals surface area contributed by atoms with Gasteiger partial charge in [0, 0.05) is 24.5 Å². The number of benzene rings is 1. The van der Waals surface area contributed by atoms with E-state index < -0.39 is 5.97 Å². The van der Waals surface area contributed by atoms with Gasteiger partial charge in [0.1, 0.15) is 0 Å². The van der Waals surface area contributed by atoms with E-state index >= 15 is 0 Å². The first kappa shape index (κ1) is 14.3. The van der Waals surface area contributed by atoms with Crippen LogP contribution >= 0.6 is 23.4 Å². The smallest absolute Gasteiger partial charge is 0.340 e. The fraction of sp³-hybridized carbons (Fsp3) is 0.462. The molecule has 1 aromatic carbocycles. The van der Waals surface area contributed by atoms with E-state index in [1.54, 1.807) is 12.1 Å². The summed E-state index contributed by atoms with van der Waals surface area (Å²) in [6.45, 7) is 1.76. The number of carbonyl (C=O) groups is 1. The van der Waals surface area contributed by atoms with Crippen LogP contribution in [0.1, 0.15) is 16.8 Å². The summed E-state index contributed by atoms with van der Waals surface area (Å²) in [5, 5.41) is 0.507. The molecule has 0 spiro atoms. The number of nitrogens with zero attached hydrogens (tertiary/aromatic N) is 1. The van der Waals surface area contributed by atoms with E-state index in [0.29, 0.717) is 16.3 Å². The Hall–Kier alpha value is -1.07. The van der Waals surface area contributed by atoms with E-state index in [9.17, 15) is 4.79 Å². The first-order valence-electron chi connectivity index (χ1n) is 6.13. The number of hydrogen-bond donors (Lipinski definition) is 1. The van der Waals surface area contributed by atoms with Crippen LogP contribution in [0.15, 0.2) is 12.1 Å². The third-order valence-electron chi connectivity index (χ3n) is 3.03. The van der Waals surface area contributed by atoms with Crippen molar-refractivity contribution in [3.8, 4) is 0 Å². The van der Waals surface area contributed by atoms with E-state index in [2.05, 4.69) is 4.90 Å². The molecular formula is C13H17ClN2O2S. The van der Waals surface area contributed by atoms with Crippen LogP contribution in [-0.4, -0.2) is 37.7 Å². The Bertz CT molecular complexity index is 474. The molecule has 19 heavy (non-hydrogen) atoms. The maximum absolute atomic E-state index is 11.9. The second-order valence-corrected chi connectivity index (χ2v) is 5.98. The van der Waals surface area contributed by atoms with Gasteiger partial charge in [-0.3, -0.25) is 0 Å². The van der Waals surface area contributed by atoms with Gasteiger partial charge in [-0.05, 0) is 24.3 Å². The number of anilines is 2. The molecule has 1 aliphatic heterocycles. The molecule has 1 heterocycles. The molecule has 0 unspecified atom stereocenters. The number of ether oxygens (including phenoxy) is 1. The van der Waals surface area contributed by atoms with Crippen LogP contribution in [0.5, 0.6) is 0 Å². The third-order valence-corrected chi connectivity index (χ3v) is 4.37. The van der Waals surface area contributed by atoms with Crippen molar-refractivity contribution in [3.63, 3.8) is 0 Å². The van der Waals surface area contributed by atoms with Crippen LogP contribution in [0, 0.1) is 0 Å². The Kier molecular flexibility index (Phi) is 4.82. The van der Waals surface area contributed by atoms with E-state index in [1.807, 2.05) is 11.8 Å². The van der Waals surface area contributed by atoms with E-state index in [1.165, 1.54) is 7.11 Å². The van der Waals surface area contributed by atoms with Gasteiger partial charge in [-0.2, -0.15) is 11.8 Å². The van der Waals surface area contributed by atoms with Gasteiger partial charge in [0.15, 0.2) is 0 Å². The quantitative estimate of drug-likeness (QED) is 0.672. The SMILES string of the molecule is COC(=O)c1cc(N)cc(Cl)c1N1CCCSCC1. The van der Waals surface area contributed by atoms with Crippen molar-refractivity contribution >= 4 is 40.7 Å². The zero-order valence-electron chi connectivity index (χ0n) is 10.8. The minimum Gasteiger partial charge on any atom is -0.465 e. The van der Waals surface area contributed by atoms with Gasteiger partial charge in [0.05, 0.1) is 23.4 Å². The average molecular weight is 301 g/mol. The Labute approximate surface area is 122 Å². The Balaban J connectivity index is 2.44. The summed E-state index contributed by atoms with van der Waals surface area (Å²) in [6, 6.07) is 3.31. The summed E-state index contributed by atoms with van der Waals surface area (Å²) in [5.41, 5.74) is 7.42. The van der Waals surface area contributed by atoms with E-state index in [0.717, 1.165) is 36.7 Å². The molecule has 2 N–H and O–H groups in total. The Morgan fingerprint density at radius 3 is 2.95 bits per heavy atom. The van der Waals surface area contributed by atoms with Gasteiger partial charge < -0.3 is 15.4 Å². The molecule has 0 atom stereocenters. The van der Waals surface area contributed by atoms with Crippen LogP contribution < -0.4 is 10.6 Å². The molecule has 0 amide bonds. The van der Waals surface area contributed by atoms with E-state index in [4.69, 9.17) is 22.1 Å². The van der Waals surface area contributed by atoms with Crippen molar-refractivity contribution in [1.29, 1.82) is 0 Å². The average Bonchev–Trinajstić information content (AvgIpc) is 2.65. The van der Waals surface area contributed by atoms with Gasteiger partial charge in [-0.15, -0.1) is 0 Å². The number of nitrogen functional groups attached to an aromatic ring is 1. The van der Waals surface area contributed by atoms with Crippen LogP contribution in [-0.2, 0) is 4.74 Å². The molecule has 104 valence electrons. The first-order valence-corrected chi connectivity index (χ1v) is 7.66. The van der Waals surface area contributed by atoms with Crippen molar-refractivity contribution in [3.05, 3.63) is 22.7 Å². The zero-order chi connectivity index (χ0) is 13.8. The summed E-state index contributed by atoms with van der Waals surface area (Å²) < 4.78 is 4.82. The van der Waals surface area contributed by atoms with Gasteiger partial charge >= 0.3 is 5.97 Å². The normalized spacial score (nSPS) is 16.0. The summed E-state index contributed by atoms with van der Waals surface area (Å²) >= 11 is 8.20. The fourth-order valence-corrected chi connectivity index (χ4v) is 3.41. The molecule has 1 aliphatic rings. The fourth-order valence-electron chi connectivity index (χ4n) is 2.18. The lowest BCUT2D eigenvalue weighted by Crippen LogP contribution is -2.28. The van der Waals surface area contributed by atoms with E-state index in [-0.39, 0.29) is 0 Å². The van der Waals surface area contributed by atoms with Crippen LogP contribution in [0.2, 0.25) is 5.02 Å². The highest BCUT2D eigenvalue weighted by atomic mass is 35.5. The number of thioether (sulfide) groups is 1. The molecule has 2 rings (SSSR count). The van der Waals surface area contributed by atoms with Crippen molar-refractivity contribution in [2.75, 3.05) is 42.3 Å². The van der Waals surface area contributed by atoms with Crippen LogP contribution in [0.25, 0.3) is 0 Å². The Morgan fingerprint density at radius 1 is 1.42 bits per heavy atom. The van der Waals surface area contributed by atoms with Crippen molar-refractivity contribution in [1.82, 2.24) is 0 Å². The number of methoxy groups -OCH3 is 1. The topological polar surface area (TPSA) is 55.6 Å². The predicted molar refractivity (Wildman–Crippen MR) is 81.4 cm³/mol. The third kappa shape index (κ3) is 3.28. The van der Waals surface area contributed by atoms with Crippen molar-refractivity contribution in [2.45, 2.75) is 6.42 Å². The van der Waals surface area contributed by atoms with Gasteiger partial charge in [0.25, 0.3) is 0 Å². The maximum Gasteiger partial charge on any atom is 0.340 e. The second kappa shape index (κ2) is 6.39. The lowest BCUT2D eigenvalue weighted by atomic mass is 10.1. The molecule has 1 aromatic rings. The molecule has 0 aromatic heterocycles. The highest BCUT2D eigenvalue weighted by molar-refractivity contribution is 7.99. The lowest BCUT2D eigenvalue weighted by Gasteiger charge is -2.25. The van der Waals surface area contributed by atoms with Crippen molar-refractivity contribution < 1.29 is 9.53 Å². The molecule has 1 saturated heterocycles. The van der Waals surface area contributed by atoms with Gasteiger partial charge in [-0.1, -0.05) is 11.6 Å². The van der Waals surface area contributed by atoms with Crippen LogP contribution in [0.4, 0.5) is 11.4 Å². The standard InChI is InChI=1S/C13H17ClN2O2S/c1-18-13(17)10-7-9(15)8-11(14)12(10)16-3-2-5-19-6-4-16/h7-8H,2-6,15H2,1H3. The largest absolute Gasteiger partial charge is 0.465 e. The minimum atomic E-state index is -0.402. The first-order chi connectivity index (χ1) is 9.13. The number of carbonyl (C=O) groups excluding carboxylic acids is 1. The number of rotatable bonds is 2. The highest BCUT2D eigenvalue weighted by Gasteiger charge is 2.22.